The number of hydrogen-bond acceptors (Lipinski definition) is 5. The summed E-state index contributed by atoms with van der Waals surface area (Å²) in [7, 11) is 0. The predicted octanol–water partition coefficient (Wildman–Crippen LogP) is 2.40. The number of thiol groups is 1. The minimum absolute atomic E-state index is 0.00352. The third-order valence-corrected chi connectivity index (χ3v) is 2.57. The van der Waals surface area contributed by atoms with Crippen LogP contribution in [-0.4, -0.2) is 21.3 Å². The summed E-state index contributed by atoms with van der Waals surface area (Å²) >= 11 is 6.21. The molecule has 2 unspecified atom stereocenters. The molecule has 1 aliphatic rings. The molecule has 0 aromatic carbocycles. The van der Waals surface area contributed by atoms with E-state index < -0.39 is 5.37 Å². The molecule has 1 rings (SSSR count). The molecular formula is C8H10IN3OS. The third-order valence-electron chi connectivity index (χ3n) is 1.64. The van der Waals surface area contributed by atoms with Crippen LogP contribution in [0.15, 0.2) is 26.6 Å². The molecule has 0 radical (unpaired) electrons. The summed E-state index contributed by atoms with van der Waals surface area (Å²) < 4.78 is -0.109. The molecule has 76 valence electrons. The van der Waals surface area contributed by atoms with Gasteiger partial charge < -0.3 is 0 Å². The zero-order valence-electron chi connectivity index (χ0n) is 7.81. The monoisotopic (exact) mass is 323 g/mol. The molecule has 2 atom stereocenters. The van der Waals surface area contributed by atoms with Crippen LogP contribution in [0.4, 0.5) is 0 Å². The molecule has 4 nitrogen and oxygen atoms in total. The van der Waals surface area contributed by atoms with E-state index in [-0.39, 0.29) is 9.71 Å². The molecule has 6 heteroatoms. The number of alkyl halides is 1. The highest BCUT2D eigenvalue weighted by Crippen LogP contribution is 2.28. The fourth-order valence-electron chi connectivity index (χ4n) is 1.01. The molecule has 0 aromatic heterocycles. The Kier molecular flexibility index (Phi) is 4.24. The Bertz CT molecular complexity index is 331. The van der Waals surface area contributed by atoms with E-state index >= 15 is 0 Å². The molecule has 0 saturated heterocycles. The van der Waals surface area contributed by atoms with Crippen LogP contribution >= 0.6 is 35.2 Å². The van der Waals surface area contributed by atoms with Crippen LogP contribution in [0.3, 0.4) is 0 Å². The average molecular weight is 323 g/mol. The number of carbonyl (C=O) groups is 1. The molecular weight excluding hydrogens is 313 g/mol. The van der Waals surface area contributed by atoms with Gasteiger partial charge in [0.2, 0.25) is 0 Å². The Labute approximate surface area is 102 Å². The smallest absolute Gasteiger partial charge is 0.183 e. The van der Waals surface area contributed by atoms with E-state index in [1.54, 1.807) is 13.1 Å². The Balaban J connectivity index is 3.04. The first kappa shape index (κ1) is 11.8. The highest BCUT2D eigenvalue weighted by molar-refractivity contribution is 14.1. The Hall–Kier alpha value is -0.240. The Morgan fingerprint density at radius 3 is 2.93 bits per heavy atom. The Morgan fingerprint density at radius 1 is 1.79 bits per heavy atom. The normalized spacial score (nSPS) is 23.6. The topological polar surface area (TPSA) is 54.1 Å². The Morgan fingerprint density at radius 2 is 2.43 bits per heavy atom. The summed E-state index contributed by atoms with van der Waals surface area (Å²) in [4.78, 5) is 15.7. The summed E-state index contributed by atoms with van der Waals surface area (Å²) in [6, 6.07) is 0. The van der Waals surface area contributed by atoms with Crippen molar-refractivity contribution in [3.8, 4) is 0 Å². The number of carbonyl (C=O) groups excluding carboxylic acids is 1. The van der Waals surface area contributed by atoms with Crippen molar-refractivity contribution in [1.82, 2.24) is 0 Å². The van der Waals surface area contributed by atoms with E-state index in [9.17, 15) is 4.79 Å². The summed E-state index contributed by atoms with van der Waals surface area (Å²) in [6.07, 6.45) is 1.59. The van der Waals surface area contributed by atoms with Crippen molar-refractivity contribution in [3.63, 3.8) is 0 Å². The number of ketones is 1. The van der Waals surface area contributed by atoms with Gasteiger partial charge in [-0.2, -0.15) is 5.11 Å². The van der Waals surface area contributed by atoms with Crippen molar-refractivity contribution in [2.75, 3.05) is 0 Å². The average Bonchev–Trinajstić information content (AvgIpc) is 2.47. The number of rotatable bonds is 3. The molecule has 1 aliphatic heterocycles. The maximum absolute atomic E-state index is 11.7. The van der Waals surface area contributed by atoms with E-state index in [2.05, 4.69) is 50.4 Å². The van der Waals surface area contributed by atoms with Gasteiger partial charge in [-0.15, -0.1) is 17.7 Å². The van der Waals surface area contributed by atoms with Gasteiger partial charge in [0, 0.05) is 6.21 Å². The SMILES string of the molecule is C/C=N\C1=C(C(=O)C(C)I)C(S)N=N1. The summed E-state index contributed by atoms with van der Waals surface area (Å²) in [6.45, 7) is 3.59. The number of Topliss-reactive ketones (excluding diaryl/α,β-unsaturated/α-hetero) is 1. The number of halogens is 1. The van der Waals surface area contributed by atoms with Gasteiger partial charge in [-0.05, 0) is 13.8 Å². The fraction of sp³-hybridized carbons (Fsp3) is 0.500. The van der Waals surface area contributed by atoms with Crippen molar-refractivity contribution in [1.29, 1.82) is 0 Å². The number of nitrogens with zero attached hydrogens (tertiary/aromatic N) is 3. The van der Waals surface area contributed by atoms with E-state index in [1.165, 1.54) is 0 Å². The number of hydrogen-bond donors (Lipinski definition) is 1. The fourth-order valence-corrected chi connectivity index (χ4v) is 1.64. The van der Waals surface area contributed by atoms with Crippen LogP contribution in [0, 0.1) is 0 Å². The van der Waals surface area contributed by atoms with Crippen LogP contribution in [0.1, 0.15) is 13.8 Å². The standard InChI is InChI=1S/C8H10IN3OS/c1-3-10-7-5(6(13)4(2)9)8(14)12-11-7/h3-4,8,14H,1-2H3/b10-3-. The maximum atomic E-state index is 11.7. The molecule has 14 heavy (non-hydrogen) atoms. The lowest BCUT2D eigenvalue weighted by Crippen LogP contribution is -2.18. The van der Waals surface area contributed by atoms with Gasteiger partial charge in [-0.1, -0.05) is 22.6 Å². The quantitative estimate of drug-likeness (QED) is 0.369. The van der Waals surface area contributed by atoms with Gasteiger partial charge in [0.1, 0.15) is 5.37 Å². The first-order chi connectivity index (χ1) is 6.57. The van der Waals surface area contributed by atoms with Crippen LogP contribution in [0.25, 0.3) is 0 Å². The van der Waals surface area contributed by atoms with Crippen molar-refractivity contribution in [2.24, 2.45) is 15.2 Å². The van der Waals surface area contributed by atoms with Crippen molar-refractivity contribution >= 4 is 47.2 Å². The van der Waals surface area contributed by atoms with Gasteiger partial charge in [0.15, 0.2) is 11.6 Å². The lowest BCUT2D eigenvalue weighted by molar-refractivity contribution is -0.114. The van der Waals surface area contributed by atoms with Crippen LogP contribution in [0.2, 0.25) is 0 Å². The van der Waals surface area contributed by atoms with Gasteiger partial charge in [0.05, 0.1) is 9.50 Å². The zero-order chi connectivity index (χ0) is 10.7. The van der Waals surface area contributed by atoms with Crippen LogP contribution in [0.5, 0.6) is 0 Å². The first-order valence-electron chi connectivity index (χ1n) is 4.08. The maximum Gasteiger partial charge on any atom is 0.183 e. The largest absolute Gasteiger partial charge is 0.293 e. The molecule has 0 spiro atoms. The second-order valence-corrected chi connectivity index (χ2v) is 5.05. The van der Waals surface area contributed by atoms with Gasteiger partial charge in [-0.3, -0.25) is 4.79 Å². The van der Waals surface area contributed by atoms with Crippen molar-refractivity contribution < 1.29 is 4.79 Å². The third kappa shape index (κ3) is 2.41. The van der Waals surface area contributed by atoms with Crippen molar-refractivity contribution in [2.45, 2.75) is 23.1 Å². The molecule has 1 heterocycles. The number of aliphatic imine (C=N–C) groups is 1. The summed E-state index contributed by atoms with van der Waals surface area (Å²) in [5.41, 5.74) is 0.494. The second-order valence-electron chi connectivity index (χ2n) is 2.69. The molecule has 0 aromatic rings. The molecule has 0 fully saturated rings. The minimum Gasteiger partial charge on any atom is -0.293 e. The highest BCUT2D eigenvalue weighted by atomic mass is 127. The zero-order valence-corrected chi connectivity index (χ0v) is 10.9. The molecule has 0 amide bonds. The predicted molar refractivity (Wildman–Crippen MR) is 67.3 cm³/mol. The van der Waals surface area contributed by atoms with Gasteiger partial charge in [0.25, 0.3) is 0 Å². The number of azo groups is 1. The van der Waals surface area contributed by atoms with Crippen LogP contribution < -0.4 is 0 Å². The first-order valence-corrected chi connectivity index (χ1v) is 5.84. The van der Waals surface area contributed by atoms with E-state index in [0.717, 1.165) is 0 Å². The highest BCUT2D eigenvalue weighted by Gasteiger charge is 2.28. The molecule has 0 saturated carbocycles. The summed E-state index contributed by atoms with van der Waals surface area (Å²) in [5.74, 6) is 0.386. The van der Waals surface area contributed by atoms with Crippen molar-refractivity contribution in [3.05, 3.63) is 11.4 Å². The summed E-state index contributed by atoms with van der Waals surface area (Å²) in [5, 5.41) is 7.14. The molecule has 0 N–H and O–H groups in total. The van der Waals surface area contributed by atoms with Gasteiger partial charge >= 0.3 is 0 Å². The molecule has 0 bridgehead atoms. The van der Waals surface area contributed by atoms with E-state index in [1.807, 2.05) is 6.92 Å². The second kappa shape index (κ2) is 5.01. The van der Waals surface area contributed by atoms with E-state index in [0.29, 0.717) is 11.4 Å². The van der Waals surface area contributed by atoms with E-state index in [4.69, 9.17) is 0 Å². The lowest BCUT2D eigenvalue weighted by atomic mass is 10.1. The van der Waals surface area contributed by atoms with Gasteiger partial charge in [-0.25, -0.2) is 4.99 Å². The van der Waals surface area contributed by atoms with Crippen LogP contribution in [-0.2, 0) is 4.79 Å². The molecule has 0 aliphatic carbocycles. The minimum atomic E-state index is -0.460. The lowest BCUT2D eigenvalue weighted by Gasteiger charge is -2.06.